The maximum absolute atomic E-state index is 12.5. The highest BCUT2D eigenvalue weighted by atomic mass is 35.5. The standard InChI is InChI=1S/C16H10ClN3O3S2/c17-8-3-4-11-10(6-8)14(21)19-13-12(25-16(24)20(11)13)15(22)18-7-9-2-1-5-23-9/h1-6H,7H2,(H,18,22)(H,19,21). The summed E-state index contributed by atoms with van der Waals surface area (Å²) in [5.41, 5.74) is 0.645. The van der Waals surface area contributed by atoms with Gasteiger partial charge in [0.2, 0.25) is 0 Å². The molecule has 1 amide bonds. The van der Waals surface area contributed by atoms with Crippen molar-refractivity contribution in [1.82, 2.24) is 14.7 Å². The van der Waals surface area contributed by atoms with Crippen LogP contribution in [0.15, 0.2) is 45.8 Å². The van der Waals surface area contributed by atoms with Crippen molar-refractivity contribution in [2.24, 2.45) is 0 Å². The number of furan rings is 1. The molecule has 0 radical (unpaired) electrons. The molecule has 0 aliphatic carbocycles. The van der Waals surface area contributed by atoms with Gasteiger partial charge in [-0.15, -0.1) is 0 Å². The molecule has 126 valence electrons. The Bertz CT molecular complexity index is 1220. The highest BCUT2D eigenvalue weighted by Gasteiger charge is 2.18. The largest absolute Gasteiger partial charge is 0.467 e. The average molecular weight is 392 g/mol. The number of halogens is 1. The molecular formula is C16H10ClN3O3S2. The van der Waals surface area contributed by atoms with Crippen molar-refractivity contribution in [2.45, 2.75) is 6.54 Å². The van der Waals surface area contributed by atoms with E-state index in [1.807, 2.05) is 0 Å². The number of thiazole rings is 1. The van der Waals surface area contributed by atoms with Gasteiger partial charge in [0.05, 0.1) is 23.7 Å². The molecule has 2 N–H and O–H groups in total. The van der Waals surface area contributed by atoms with Gasteiger partial charge in [-0.25, -0.2) is 0 Å². The van der Waals surface area contributed by atoms with E-state index >= 15 is 0 Å². The predicted octanol–water partition coefficient (Wildman–Crippen LogP) is 3.75. The summed E-state index contributed by atoms with van der Waals surface area (Å²) >= 11 is 12.5. The summed E-state index contributed by atoms with van der Waals surface area (Å²) in [4.78, 5) is 28.0. The van der Waals surface area contributed by atoms with Crippen LogP contribution in [0.4, 0.5) is 0 Å². The zero-order valence-corrected chi connectivity index (χ0v) is 14.9. The first-order valence-corrected chi connectivity index (χ1v) is 8.82. The second kappa shape index (κ2) is 6.14. The van der Waals surface area contributed by atoms with Crippen LogP contribution in [0.3, 0.4) is 0 Å². The van der Waals surface area contributed by atoms with Crippen molar-refractivity contribution in [3.63, 3.8) is 0 Å². The fourth-order valence-electron chi connectivity index (χ4n) is 2.58. The molecule has 4 rings (SSSR count). The Balaban J connectivity index is 1.84. The lowest BCUT2D eigenvalue weighted by Crippen LogP contribution is -2.22. The third-order valence-corrected chi connectivity index (χ3v) is 5.30. The van der Waals surface area contributed by atoms with E-state index in [-0.39, 0.29) is 18.0 Å². The van der Waals surface area contributed by atoms with Crippen LogP contribution in [0.2, 0.25) is 5.02 Å². The maximum atomic E-state index is 12.5. The van der Waals surface area contributed by atoms with Gasteiger partial charge in [-0.2, -0.15) is 0 Å². The summed E-state index contributed by atoms with van der Waals surface area (Å²) in [5, 5.41) is 3.63. The number of amides is 1. The molecule has 0 unspecified atom stereocenters. The number of hydrogen-bond donors (Lipinski definition) is 2. The SMILES string of the molecule is O=C(NCc1ccco1)c1sc(=S)n2c1[nH]c(=O)c1cc(Cl)ccc12. The molecule has 0 atom stereocenters. The van der Waals surface area contributed by atoms with Crippen LogP contribution in [0, 0.1) is 3.95 Å². The second-order valence-corrected chi connectivity index (χ2v) is 7.34. The lowest BCUT2D eigenvalue weighted by Gasteiger charge is -2.04. The van der Waals surface area contributed by atoms with Gasteiger partial charge in [0.1, 0.15) is 16.3 Å². The zero-order valence-electron chi connectivity index (χ0n) is 12.5. The minimum Gasteiger partial charge on any atom is -0.467 e. The van der Waals surface area contributed by atoms with Gasteiger partial charge in [-0.1, -0.05) is 22.9 Å². The fourth-order valence-corrected chi connectivity index (χ4v) is 4.05. The van der Waals surface area contributed by atoms with E-state index in [0.29, 0.717) is 36.2 Å². The van der Waals surface area contributed by atoms with E-state index in [0.717, 1.165) is 11.3 Å². The summed E-state index contributed by atoms with van der Waals surface area (Å²) in [6.45, 7) is 0.246. The van der Waals surface area contributed by atoms with Crippen LogP contribution in [0.25, 0.3) is 16.6 Å². The molecule has 0 bridgehead atoms. The first-order valence-electron chi connectivity index (χ1n) is 7.22. The number of nitrogens with one attached hydrogen (secondary N) is 2. The molecular weight excluding hydrogens is 382 g/mol. The third kappa shape index (κ3) is 2.78. The van der Waals surface area contributed by atoms with Crippen molar-refractivity contribution >= 4 is 57.6 Å². The number of nitrogens with zero attached hydrogens (tertiary/aromatic N) is 1. The van der Waals surface area contributed by atoms with Crippen LogP contribution in [0.5, 0.6) is 0 Å². The highest BCUT2D eigenvalue weighted by Crippen LogP contribution is 2.24. The first-order chi connectivity index (χ1) is 12.0. The normalized spacial score (nSPS) is 11.2. The second-order valence-electron chi connectivity index (χ2n) is 5.26. The van der Waals surface area contributed by atoms with Gasteiger partial charge in [0.25, 0.3) is 11.5 Å². The molecule has 0 saturated carbocycles. The number of H-pyrrole nitrogens is 1. The van der Waals surface area contributed by atoms with Gasteiger partial charge in [-0.05, 0) is 42.5 Å². The Morgan fingerprint density at radius 3 is 3.00 bits per heavy atom. The zero-order chi connectivity index (χ0) is 17.6. The Morgan fingerprint density at radius 1 is 1.40 bits per heavy atom. The topological polar surface area (TPSA) is 79.5 Å². The molecule has 4 aromatic rings. The predicted molar refractivity (Wildman–Crippen MR) is 99.1 cm³/mol. The Kier molecular flexibility index (Phi) is 3.95. The number of rotatable bonds is 3. The molecule has 25 heavy (non-hydrogen) atoms. The van der Waals surface area contributed by atoms with Crippen molar-refractivity contribution in [3.05, 3.63) is 66.6 Å². The van der Waals surface area contributed by atoms with Crippen LogP contribution >= 0.6 is 35.2 Å². The lowest BCUT2D eigenvalue weighted by molar-refractivity contribution is 0.0953. The maximum Gasteiger partial charge on any atom is 0.265 e. The van der Waals surface area contributed by atoms with Crippen LogP contribution in [-0.4, -0.2) is 15.3 Å². The van der Waals surface area contributed by atoms with E-state index in [1.54, 1.807) is 34.7 Å². The minimum absolute atomic E-state index is 0.246. The van der Waals surface area contributed by atoms with Gasteiger partial charge in [-0.3, -0.25) is 14.0 Å². The van der Waals surface area contributed by atoms with E-state index in [4.69, 9.17) is 28.2 Å². The number of benzene rings is 1. The number of aromatic nitrogens is 2. The van der Waals surface area contributed by atoms with Gasteiger partial charge in [0, 0.05) is 5.02 Å². The highest BCUT2D eigenvalue weighted by molar-refractivity contribution is 7.73. The summed E-state index contributed by atoms with van der Waals surface area (Å²) in [6, 6.07) is 8.48. The van der Waals surface area contributed by atoms with E-state index < -0.39 is 0 Å². The Hall–Kier alpha value is -2.42. The van der Waals surface area contributed by atoms with Gasteiger partial charge >= 0.3 is 0 Å². The van der Waals surface area contributed by atoms with Crippen molar-refractivity contribution < 1.29 is 9.21 Å². The monoisotopic (exact) mass is 391 g/mol. The molecule has 0 saturated heterocycles. The van der Waals surface area contributed by atoms with Crippen molar-refractivity contribution in [3.8, 4) is 0 Å². The number of carbonyl (C=O) groups is 1. The average Bonchev–Trinajstić information content (AvgIpc) is 3.21. The third-order valence-electron chi connectivity index (χ3n) is 3.70. The number of carbonyl (C=O) groups excluding carboxylic acids is 1. The molecule has 0 aliphatic rings. The number of aromatic amines is 1. The molecule has 6 nitrogen and oxygen atoms in total. The van der Waals surface area contributed by atoms with Gasteiger partial charge < -0.3 is 14.7 Å². The van der Waals surface area contributed by atoms with Crippen molar-refractivity contribution in [2.75, 3.05) is 0 Å². The Labute approximate surface area is 154 Å². The summed E-state index contributed by atoms with van der Waals surface area (Å²) in [5.74, 6) is 0.299. The summed E-state index contributed by atoms with van der Waals surface area (Å²) < 4.78 is 7.33. The fraction of sp³-hybridized carbons (Fsp3) is 0.0625. The molecule has 3 aromatic heterocycles. The molecule has 0 aliphatic heterocycles. The van der Waals surface area contributed by atoms with Gasteiger partial charge in [0.15, 0.2) is 3.95 Å². The molecule has 0 spiro atoms. The van der Waals surface area contributed by atoms with E-state index in [2.05, 4.69) is 10.3 Å². The van der Waals surface area contributed by atoms with E-state index in [1.165, 1.54) is 6.26 Å². The Morgan fingerprint density at radius 2 is 2.24 bits per heavy atom. The van der Waals surface area contributed by atoms with Crippen LogP contribution in [0.1, 0.15) is 15.4 Å². The summed E-state index contributed by atoms with van der Waals surface area (Å²) in [6.07, 6.45) is 1.54. The minimum atomic E-state index is -0.334. The van der Waals surface area contributed by atoms with E-state index in [9.17, 15) is 9.59 Å². The number of fused-ring (bicyclic) bond motifs is 3. The molecule has 1 aromatic carbocycles. The number of hydrogen-bond acceptors (Lipinski definition) is 5. The summed E-state index contributed by atoms with van der Waals surface area (Å²) in [7, 11) is 0. The smallest absolute Gasteiger partial charge is 0.265 e. The molecule has 9 heteroatoms. The molecule has 3 heterocycles. The quantitative estimate of drug-likeness (QED) is 0.521. The molecule has 0 fully saturated rings. The van der Waals surface area contributed by atoms with Crippen molar-refractivity contribution in [1.29, 1.82) is 0 Å². The lowest BCUT2D eigenvalue weighted by atomic mass is 10.2. The van der Waals surface area contributed by atoms with Crippen LogP contribution in [-0.2, 0) is 6.54 Å². The first kappa shape index (κ1) is 16.1. The van der Waals surface area contributed by atoms with Crippen LogP contribution < -0.4 is 10.9 Å².